The summed E-state index contributed by atoms with van der Waals surface area (Å²) < 4.78 is 5.47. The van der Waals surface area contributed by atoms with Crippen LogP contribution in [-0.2, 0) is 4.74 Å². The summed E-state index contributed by atoms with van der Waals surface area (Å²) in [5.41, 5.74) is 0.593. The molecule has 1 saturated carbocycles. The van der Waals surface area contributed by atoms with E-state index in [1.807, 2.05) is 42.5 Å². The number of aliphatic hydroxyl groups is 1. The smallest absolute Gasteiger partial charge is 0.314 e. The molecule has 2 amide bonds. The second-order valence-electron chi connectivity index (χ2n) is 6.43. The van der Waals surface area contributed by atoms with Crippen LogP contribution < -0.4 is 10.6 Å². The number of carbonyl (C=O) groups is 1. The van der Waals surface area contributed by atoms with Crippen molar-refractivity contribution in [3.63, 3.8) is 0 Å². The molecule has 5 heteroatoms. The van der Waals surface area contributed by atoms with E-state index in [1.165, 1.54) is 0 Å². The predicted octanol–water partition coefficient (Wildman–Crippen LogP) is 2.74. The zero-order valence-corrected chi connectivity index (χ0v) is 13.9. The molecule has 0 saturated heterocycles. The van der Waals surface area contributed by atoms with E-state index in [0.717, 1.165) is 35.6 Å². The number of rotatable bonds is 6. The molecule has 1 aliphatic carbocycles. The van der Waals surface area contributed by atoms with Crippen LogP contribution in [0.15, 0.2) is 42.5 Å². The van der Waals surface area contributed by atoms with Crippen LogP contribution in [0.25, 0.3) is 10.8 Å². The lowest BCUT2D eigenvalue weighted by Gasteiger charge is -2.40. The predicted molar refractivity (Wildman–Crippen MR) is 93.9 cm³/mol. The van der Waals surface area contributed by atoms with E-state index in [9.17, 15) is 9.90 Å². The van der Waals surface area contributed by atoms with Gasteiger partial charge in [0.2, 0.25) is 0 Å². The third kappa shape index (κ3) is 3.68. The standard InChI is InChI=1S/C19H24N2O3/c1-24-19(9-4-10-19)13-21-18(23)20-12-17(22)16-8-7-14-5-2-3-6-15(14)11-16/h2-3,5-8,11,17,22H,4,9-10,12-13H2,1H3,(H2,20,21,23). The monoisotopic (exact) mass is 328 g/mol. The number of nitrogens with one attached hydrogen (secondary N) is 2. The van der Waals surface area contributed by atoms with Gasteiger partial charge in [0.05, 0.1) is 11.7 Å². The molecule has 0 heterocycles. The van der Waals surface area contributed by atoms with Gasteiger partial charge in [0.25, 0.3) is 0 Å². The first-order valence-electron chi connectivity index (χ1n) is 8.35. The van der Waals surface area contributed by atoms with Crippen molar-refractivity contribution in [3.05, 3.63) is 48.0 Å². The van der Waals surface area contributed by atoms with E-state index >= 15 is 0 Å². The number of urea groups is 1. The SMILES string of the molecule is COC1(CNC(=O)NCC(O)c2ccc3ccccc3c2)CCC1. The second kappa shape index (κ2) is 7.20. The van der Waals surface area contributed by atoms with E-state index in [4.69, 9.17) is 4.74 Å². The summed E-state index contributed by atoms with van der Waals surface area (Å²) in [4.78, 5) is 11.9. The van der Waals surface area contributed by atoms with Crippen molar-refractivity contribution in [1.82, 2.24) is 10.6 Å². The Bertz CT molecular complexity index is 707. The van der Waals surface area contributed by atoms with Gasteiger partial charge in [-0.15, -0.1) is 0 Å². The summed E-state index contributed by atoms with van der Waals surface area (Å²) in [6, 6.07) is 13.5. The molecule has 1 atom stereocenters. The molecule has 2 aromatic rings. The van der Waals surface area contributed by atoms with Crippen LogP contribution in [0.4, 0.5) is 4.79 Å². The highest BCUT2D eigenvalue weighted by Crippen LogP contribution is 2.34. The third-order valence-electron chi connectivity index (χ3n) is 4.88. The fraction of sp³-hybridized carbons (Fsp3) is 0.421. The van der Waals surface area contributed by atoms with Gasteiger partial charge in [0, 0.05) is 20.2 Å². The van der Waals surface area contributed by atoms with Crippen molar-refractivity contribution in [3.8, 4) is 0 Å². The zero-order chi connectivity index (χ0) is 17.0. The molecule has 3 N–H and O–H groups in total. The molecule has 1 aliphatic rings. The van der Waals surface area contributed by atoms with Crippen LogP contribution in [0.5, 0.6) is 0 Å². The minimum absolute atomic E-state index is 0.171. The van der Waals surface area contributed by atoms with Gasteiger partial charge in [-0.05, 0) is 41.7 Å². The van der Waals surface area contributed by atoms with Crippen LogP contribution in [0.2, 0.25) is 0 Å². The number of aliphatic hydroxyl groups excluding tert-OH is 1. The molecule has 0 aliphatic heterocycles. The fourth-order valence-corrected chi connectivity index (χ4v) is 3.05. The summed E-state index contributed by atoms with van der Waals surface area (Å²) in [7, 11) is 1.68. The fourth-order valence-electron chi connectivity index (χ4n) is 3.05. The summed E-state index contributed by atoms with van der Waals surface area (Å²) in [6.45, 7) is 0.672. The van der Waals surface area contributed by atoms with E-state index in [2.05, 4.69) is 10.6 Å². The van der Waals surface area contributed by atoms with Gasteiger partial charge in [-0.2, -0.15) is 0 Å². The third-order valence-corrected chi connectivity index (χ3v) is 4.88. The van der Waals surface area contributed by atoms with Gasteiger partial charge in [-0.3, -0.25) is 0 Å². The van der Waals surface area contributed by atoms with Crippen LogP contribution in [0.1, 0.15) is 30.9 Å². The Labute approximate surface area is 142 Å². The van der Waals surface area contributed by atoms with Crippen LogP contribution >= 0.6 is 0 Å². The molecule has 0 aromatic heterocycles. The number of methoxy groups -OCH3 is 1. The van der Waals surface area contributed by atoms with Crippen molar-refractivity contribution < 1.29 is 14.6 Å². The lowest BCUT2D eigenvalue weighted by molar-refractivity contribution is -0.0674. The average Bonchev–Trinajstić information content (AvgIpc) is 2.58. The molecule has 1 unspecified atom stereocenters. The molecular formula is C19H24N2O3. The molecule has 128 valence electrons. The van der Waals surface area contributed by atoms with Gasteiger partial charge >= 0.3 is 6.03 Å². The Kier molecular flexibility index (Phi) is 5.02. The highest BCUT2D eigenvalue weighted by Gasteiger charge is 2.37. The number of fused-ring (bicyclic) bond motifs is 1. The first-order valence-corrected chi connectivity index (χ1v) is 8.35. The van der Waals surface area contributed by atoms with Gasteiger partial charge < -0.3 is 20.5 Å². The largest absolute Gasteiger partial charge is 0.387 e. The van der Waals surface area contributed by atoms with Gasteiger partial charge in [-0.1, -0.05) is 36.4 Å². The maximum atomic E-state index is 11.9. The Balaban J connectivity index is 1.50. The molecule has 2 aromatic carbocycles. The van der Waals surface area contributed by atoms with Crippen LogP contribution in [0.3, 0.4) is 0 Å². The maximum Gasteiger partial charge on any atom is 0.314 e. The quantitative estimate of drug-likeness (QED) is 0.763. The minimum Gasteiger partial charge on any atom is -0.387 e. The van der Waals surface area contributed by atoms with Crippen molar-refractivity contribution in [1.29, 1.82) is 0 Å². The molecule has 1 fully saturated rings. The molecule has 0 radical (unpaired) electrons. The number of ether oxygens (including phenoxy) is 1. The van der Waals surface area contributed by atoms with Gasteiger partial charge in [-0.25, -0.2) is 4.79 Å². The Morgan fingerprint density at radius 2 is 1.96 bits per heavy atom. The normalized spacial score (nSPS) is 17.1. The van der Waals surface area contributed by atoms with E-state index < -0.39 is 6.10 Å². The molecular weight excluding hydrogens is 304 g/mol. The molecule has 0 bridgehead atoms. The second-order valence-corrected chi connectivity index (χ2v) is 6.43. The summed E-state index contributed by atoms with van der Waals surface area (Å²) >= 11 is 0. The van der Waals surface area contributed by atoms with Crippen molar-refractivity contribution >= 4 is 16.8 Å². The minimum atomic E-state index is -0.736. The van der Waals surface area contributed by atoms with Gasteiger partial charge in [0.1, 0.15) is 0 Å². The Morgan fingerprint density at radius 1 is 1.21 bits per heavy atom. The summed E-state index contributed by atoms with van der Waals surface area (Å²) in [5.74, 6) is 0. The number of carbonyl (C=O) groups excluding carboxylic acids is 1. The first-order chi connectivity index (χ1) is 11.6. The lowest BCUT2D eigenvalue weighted by atomic mass is 9.80. The van der Waals surface area contributed by atoms with E-state index in [-0.39, 0.29) is 18.2 Å². The molecule has 24 heavy (non-hydrogen) atoms. The number of benzene rings is 2. The van der Waals surface area contributed by atoms with Crippen LogP contribution in [0, 0.1) is 0 Å². The number of hydrogen-bond acceptors (Lipinski definition) is 3. The topological polar surface area (TPSA) is 70.6 Å². The van der Waals surface area contributed by atoms with Crippen molar-refractivity contribution in [2.45, 2.75) is 31.0 Å². The highest BCUT2D eigenvalue weighted by atomic mass is 16.5. The summed E-state index contributed by atoms with van der Waals surface area (Å²) in [6.07, 6.45) is 2.35. The molecule has 5 nitrogen and oxygen atoms in total. The summed E-state index contributed by atoms with van der Waals surface area (Å²) in [5, 5.41) is 18.0. The number of amides is 2. The van der Waals surface area contributed by atoms with Crippen molar-refractivity contribution in [2.75, 3.05) is 20.2 Å². The molecule has 3 rings (SSSR count). The van der Waals surface area contributed by atoms with Crippen LogP contribution in [-0.4, -0.2) is 36.9 Å². The first kappa shape index (κ1) is 16.7. The van der Waals surface area contributed by atoms with E-state index in [1.54, 1.807) is 7.11 Å². The highest BCUT2D eigenvalue weighted by molar-refractivity contribution is 5.83. The molecule has 0 spiro atoms. The number of hydrogen-bond donors (Lipinski definition) is 3. The zero-order valence-electron chi connectivity index (χ0n) is 13.9. The Morgan fingerprint density at radius 3 is 2.62 bits per heavy atom. The van der Waals surface area contributed by atoms with Gasteiger partial charge in [0.15, 0.2) is 0 Å². The average molecular weight is 328 g/mol. The van der Waals surface area contributed by atoms with Crippen molar-refractivity contribution in [2.24, 2.45) is 0 Å². The lowest BCUT2D eigenvalue weighted by Crippen LogP contribution is -2.51. The Hall–Kier alpha value is -2.11. The maximum absolute atomic E-state index is 11.9. The van der Waals surface area contributed by atoms with E-state index in [0.29, 0.717) is 6.54 Å².